The molecule has 0 fully saturated rings. The molecule has 0 bridgehead atoms. The Morgan fingerprint density at radius 2 is 2.10 bits per heavy atom. The quantitative estimate of drug-likeness (QED) is 0.772. The van der Waals surface area contributed by atoms with Gasteiger partial charge in [0.05, 0.1) is 12.6 Å². The van der Waals surface area contributed by atoms with Crippen molar-refractivity contribution in [2.75, 3.05) is 11.9 Å². The molecular weight excluding hydrogens is 270 g/mol. The molecular formula is C14H19N5O2. The Labute approximate surface area is 123 Å². The fraction of sp³-hybridized carbons (Fsp3) is 0.357. The molecule has 1 aromatic heterocycles. The Morgan fingerprint density at radius 1 is 1.38 bits per heavy atom. The highest BCUT2D eigenvalue weighted by Crippen LogP contribution is 2.14. The lowest BCUT2D eigenvalue weighted by atomic mass is 10.0. The molecule has 1 unspecified atom stereocenters. The summed E-state index contributed by atoms with van der Waals surface area (Å²) < 4.78 is 1.45. The van der Waals surface area contributed by atoms with Crippen molar-refractivity contribution in [1.82, 2.24) is 20.1 Å². The highest BCUT2D eigenvalue weighted by atomic mass is 16.3. The van der Waals surface area contributed by atoms with Crippen LogP contribution in [0.1, 0.15) is 24.1 Å². The van der Waals surface area contributed by atoms with E-state index >= 15 is 0 Å². The maximum Gasteiger partial charge on any atom is 0.322 e. The Balaban J connectivity index is 2.01. The van der Waals surface area contributed by atoms with Crippen LogP contribution < -0.4 is 10.6 Å². The maximum absolute atomic E-state index is 11.9. The number of nitrogens with zero attached hydrogens (tertiary/aromatic N) is 3. The first-order chi connectivity index (χ1) is 10.1. The van der Waals surface area contributed by atoms with Gasteiger partial charge in [0.2, 0.25) is 5.95 Å². The number of nitrogens with one attached hydrogen (secondary N) is 2. The van der Waals surface area contributed by atoms with Gasteiger partial charge in [-0.05, 0) is 17.5 Å². The van der Waals surface area contributed by atoms with E-state index in [9.17, 15) is 9.90 Å². The Morgan fingerprint density at radius 3 is 2.62 bits per heavy atom. The van der Waals surface area contributed by atoms with Crippen molar-refractivity contribution in [3.05, 3.63) is 41.7 Å². The molecule has 1 heterocycles. The number of hydrogen-bond donors (Lipinski definition) is 3. The average molecular weight is 289 g/mol. The molecule has 0 saturated carbocycles. The Kier molecular flexibility index (Phi) is 4.89. The Hall–Kier alpha value is -2.41. The molecule has 0 spiro atoms. The molecule has 21 heavy (non-hydrogen) atoms. The number of aliphatic hydroxyl groups excluding tert-OH is 1. The maximum atomic E-state index is 11.9. The number of benzene rings is 1. The molecule has 0 aliphatic heterocycles. The number of aryl methyl sites for hydroxylation is 2. The van der Waals surface area contributed by atoms with Crippen LogP contribution in [-0.2, 0) is 13.5 Å². The van der Waals surface area contributed by atoms with E-state index in [-0.39, 0.29) is 6.61 Å². The molecule has 0 radical (unpaired) electrons. The van der Waals surface area contributed by atoms with E-state index < -0.39 is 12.1 Å². The van der Waals surface area contributed by atoms with Crippen molar-refractivity contribution < 1.29 is 9.90 Å². The molecule has 2 amide bonds. The third kappa shape index (κ3) is 3.79. The van der Waals surface area contributed by atoms with E-state index in [1.54, 1.807) is 7.05 Å². The SMILES string of the molecule is CCc1ccc(C(CO)NC(=O)Nc2ncnn2C)cc1. The monoisotopic (exact) mass is 289 g/mol. The summed E-state index contributed by atoms with van der Waals surface area (Å²) in [6.07, 6.45) is 2.30. The van der Waals surface area contributed by atoms with Gasteiger partial charge >= 0.3 is 6.03 Å². The standard InChI is InChI=1S/C14H19N5O2/c1-3-10-4-6-11(7-5-10)12(8-20)17-14(21)18-13-15-9-16-19(13)2/h4-7,9,12,20H,3,8H2,1-2H3,(H2,15,16,17,18,21). The van der Waals surface area contributed by atoms with Gasteiger partial charge in [0.1, 0.15) is 6.33 Å². The van der Waals surface area contributed by atoms with E-state index in [1.807, 2.05) is 24.3 Å². The van der Waals surface area contributed by atoms with E-state index in [1.165, 1.54) is 16.6 Å². The molecule has 7 heteroatoms. The second kappa shape index (κ2) is 6.85. The first-order valence-corrected chi connectivity index (χ1v) is 6.75. The molecule has 0 saturated heterocycles. The van der Waals surface area contributed by atoms with Gasteiger partial charge in [-0.15, -0.1) is 0 Å². The lowest BCUT2D eigenvalue weighted by molar-refractivity contribution is 0.225. The van der Waals surface area contributed by atoms with Crippen LogP contribution in [0.3, 0.4) is 0 Å². The van der Waals surface area contributed by atoms with Crippen LogP contribution in [0.25, 0.3) is 0 Å². The summed E-state index contributed by atoms with van der Waals surface area (Å²) in [5.74, 6) is 0.338. The minimum atomic E-state index is -0.468. The number of aromatic nitrogens is 3. The van der Waals surface area contributed by atoms with E-state index in [0.717, 1.165) is 12.0 Å². The molecule has 0 aliphatic rings. The first kappa shape index (κ1) is 15.0. The molecule has 1 atom stereocenters. The van der Waals surface area contributed by atoms with Gasteiger partial charge in [0.15, 0.2) is 0 Å². The summed E-state index contributed by atoms with van der Waals surface area (Å²) in [7, 11) is 1.68. The van der Waals surface area contributed by atoms with Crippen LogP contribution in [0.15, 0.2) is 30.6 Å². The van der Waals surface area contributed by atoms with Crippen LogP contribution in [0.2, 0.25) is 0 Å². The number of amides is 2. The highest BCUT2D eigenvalue weighted by Gasteiger charge is 2.14. The number of carbonyl (C=O) groups excluding carboxylic acids is 1. The molecule has 3 N–H and O–H groups in total. The number of aliphatic hydroxyl groups is 1. The second-order valence-corrected chi connectivity index (χ2v) is 4.64. The van der Waals surface area contributed by atoms with Crippen LogP contribution in [0.5, 0.6) is 0 Å². The van der Waals surface area contributed by atoms with Crippen LogP contribution in [-0.4, -0.2) is 32.5 Å². The van der Waals surface area contributed by atoms with Gasteiger partial charge < -0.3 is 10.4 Å². The van der Waals surface area contributed by atoms with E-state index in [2.05, 4.69) is 27.6 Å². The van der Waals surface area contributed by atoms with Gasteiger partial charge in [-0.25, -0.2) is 9.48 Å². The molecule has 0 aliphatic carbocycles. The predicted octanol–water partition coefficient (Wildman–Crippen LogP) is 1.23. The van der Waals surface area contributed by atoms with Crippen molar-refractivity contribution in [2.45, 2.75) is 19.4 Å². The van der Waals surface area contributed by atoms with Crippen LogP contribution >= 0.6 is 0 Å². The normalized spacial score (nSPS) is 12.0. The number of hydrogen-bond acceptors (Lipinski definition) is 4. The average Bonchev–Trinajstić information content (AvgIpc) is 2.90. The summed E-state index contributed by atoms with van der Waals surface area (Å²) >= 11 is 0. The van der Waals surface area contributed by atoms with Crippen LogP contribution in [0.4, 0.5) is 10.7 Å². The highest BCUT2D eigenvalue weighted by molar-refractivity contribution is 5.87. The molecule has 7 nitrogen and oxygen atoms in total. The second-order valence-electron chi connectivity index (χ2n) is 4.64. The number of anilines is 1. The molecule has 112 valence electrons. The number of carbonyl (C=O) groups is 1. The zero-order chi connectivity index (χ0) is 15.2. The first-order valence-electron chi connectivity index (χ1n) is 6.75. The fourth-order valence-electron chi connectivity index (χ4n) is 1.93. The van der Waals surface area contributed by atoms with E-state index in [4.69, 9.17) is 0 Å². The summed E-state index contributed by atoms with van der Waals surface area (Å²) in [5, 5.41) is 18.6. The molecule has 2 rings (SSSR count). The number of rotatable bonds is 5. The minimum Gasteiger partial charge on any atom is -0.394 e. The molecule has 2 aromatic rings. The zero-order valence-corrected chi connectivity index (χ0v) is 12.1. The topological polar surface area (TPSA) is 92.1 Å². The van der Waals surface area contributed by atoms with Crippen molar-refractivity contribution in [2.24, 2.45) is 7.05 Å². The van der Waals surface area contributed by atoms with E-state index in [0.29, 0.717) is 5.95 Å². The lowest BCUT2D eigenvalue weighted by Gasteiger charge is -2.17. The van der Waals surface area contributed by atoms with Crippen molar-refractivity contribution in [1.29, 1.82) is 0 Å². The van der Waals surface area contributed by atoms with Gasteiger partial charge in [-0.3, -0.25) is 5.32 Å². The summed E-state index contributed by atoms with van der Waals surface area (Å²) in [4.78, 5) is 15.8. The summed E-state index contributed by atoms with van der Waals surface area (Å²) in [6, 6.07) is 6.87. The van der Waals surface area contributed by atoms with Crippen molar-refractivity contribution in [3.63, 3.8) is 0 Å². The van der Waals surface area contributed by atoms with Gasteiger partial charge in [0.25, 0.3) is 0 Å². The molecule has 1 aromatic carbocycles. The third-order valence-corrected chi connectivity index (χ3v) is 3.21. The minimum absolute atomic E-state index is 0.183. The smallest absolute Gasteiger partial charge is 0.322 e. The summed E-state index contributed by atoms with van der Waals surface area (Å²) in [6.45, 7) is 1.89. The fourth-order valence-corrected chi connectivity index (χ4v) is 1.93. The Bertz CT molecular complexity index is 594. The predicted molar refractivity (Wildman–Crippen MR) is 78.8 cm³/mol. The number of urea groups is 1. The van der Waals surface area contributed by atoms with Crippen molar-refractivity contribution >= 4 is 12.0 Å². The van der Waals surface area contributed by atoms with Gasteiger partial charge in [-0.2, -0.15) is 10.1 Å². The zero-order valence-electron chi connectivity index (χ0n) is 12.1. The lowest BCUT2D eigenvalue weighted by Crippen LogP contribution is -2.35. The largest absolute Gasteiger partial charge is 0.394 e. The van der Waals surface area contributed by atoms with Crippen molar-refractivity contribution in [3.8, 4) is 0 Å². The van der Waals surface area contributed by atoms with Gasteiger partial charge in [-0.1, -0.05) is 31.2 Å². The summed E-state index contributed by atoms with van der Waals surface area (Å²) in [5.41, 5.74) is 2.06. The van der Waals surface area contributed by atoms with Crippen LogP contribution in [0, 0.1) is 0 Å². The van der Waals surface area contributed by atoms with Gasteiger partial charge in [0, 0.05) is 7.05 Å². The third-order valence-electron chi connectivity index (χ3n) is 3.21.